The summed E-state index contributed by atoms with van der Waals surface area (Å²) >= 11 is 1.48. The molecule has 0 aliphatic heterocycles. The number of nitrogens with zero attached hydrogens (tertiary/aromatic N) is 2. The van der Waals surface area contributed by atoms with Crippen molar-refractivity contribution in [2.45, 2.75) is 25.4 Å². The number of methoxy groups -OCH3 is 1. The van der Waals surface area contributed by atoms with Crippen molar-refractivity contribution in [3.63, 3.8) is 0 Å². The van der Waals surface area contributed by atoms with Crippen LogP contribution in [0, 0.1) is 13.8 Å². The van der Waals surface area contributed by atoms with Crippen LogP contribution in [-0.4, -0.2) is 34.5 Å². The lowest BCUT2D eigenvalue weighted by Gasteiger charge is -2.11. The SMILES string of the molecule is COc1ccc(Cc2c(C)nc(SCCO)nc2C)cc1. The van der Waals surface area contributed by atoms with Crippen LogP contribution in [-0.2, 0) is 6.42 Å². The van der Waals surface area contributed by atoms with Crippen LogP contribution < -0.4 is 4.74 Å². The summed E-state index contributed by atoms with van der Waals surface area (Å²) in [7, 11) is 1.67. The molecule has 0 fully saturated rings. The summed E-state index contributed by atoms with van der Waals surface area (Å²) in [4.78, 5) is 9.03. The van der Waals surface area contributed by atoms with Crippen LogP contribution in [0.25, 0.3) is 0 Å². The second-order valence-electron chi connectivity index (χ2n) is 4.75. The van der Waals surface area contributed by atoms with E-state index in [1.807, 2.05) is 26.0 Å². The minimum atomic E-state index is 0.139. The molecule has 112 valence electrons. The van der Waals surface area contributed by atoms with Gasteiger partial charge in [0, 0.05) is 23.6 Å². The fourth-order valence-electron chi connectivity index (χ4n) is 2.11. The van der Waals surface area contributed by atoms with Crippen LogP contribution in [0.4, 0.5) is 0 Å². The molecule has 5 heteroatoms. The monoisotopic (exact) mass is 304 g/mol. The molecule has 1 heterocycles. The molecule has 2 aromatic rings. The summed E-state index contributed by atoms with van der Waals surface area (Å²) in [6, 6.07) is 8.05. The Hall–Kier alpha value is -1.59. The maximum atomic E-state index is 8.87. The smallest absolute Gasteiger partial charge is 0.188 e. The number of hydrogen-bond donors (Lipinski definition) is 1. The summed E-state index contributed by atoms with van der Waals surface area (Å²) in [5.41, 5.74) is 4.37. The zero-order chi connectivity index (χ0) is 15.2. The van der Waals surface area contributed by atoms with Gasteiger partial charge in [0.25, 0.3) is 0 Å². The number of benzene rings is 1. The van der Waals surface area contributed by atoms with Crippen LogP contribution in [0.5, 0.6) is 5.75 Å². The van der Waals surface area contributed by atoms with E-state index in [1.165, 1.54) is 17.3 Å². The molecule has 0 saturated carbocycles. The maximum Gasteiger partial charge on any atom is 0.188 e. The number of hydrogen-bond acceptors (Lipinski definition) is 5. The standard InChI is InChI=1S/C16H20N2O2S/c1-11-15(10-13-4-6-14(20-3)7-5-13)12(2)18-16(17-11)21-9-8-19/h4-7,19H,8-10H2,1-3H3. The van der Waals surface area contributed by atoms with Crippen molar-refractivity contribution in [3.8, 4) is 5.75 Å². The van der Waals surface area contributed by atoms with Crippen molar-refractivity contribution in [1.82, 2.24) is 9.97 Å². The van der Waals surface area contributed by atoms with Crippen LogP contribution >= 0.6 is 11.8 Å². The van der Waals surface area contributed by atoms with Gasteiger partial charge in [-0.15, -0.1) is 0 Å². The number of rotatable bonds is 6. The number of aryl methyl sites for hydroxylation is 2. The highest BCUT2D eigenvalue weighted by atomic mass is 32.2. The fourth-order valence-corrected chi connectivity index (χ4v) is 2.79. The molecule has 1 aromatic carbocycles. The normalized spacial score (nSPS) is 10.7. The Kier molecular flexibility index (Phi) is 5.59. The minimum absolute atomic E-state index is 0.139. The van der Waals surface area contributed by atoms with Crippen molar-refractivity contribution >= 4 is 11.8 Å². The van der Waals surface area contributed by atoms with Crippen LogP contribution in [0.15, 0.2) is 29.4 Å². The summed E-state index contributed by atoms with van der Waals surface area (Å²) in [6.45, 7) is 4.16. The molecule has 0 aliphatic carbocycles. The van der Waals surface area contributed by atoms with Crippen LogP contribution in [0.3, 0.4) is 0 Å². The predicted molar refractivity (Wildman–Crippen MR) is 85.1 cm³/mol. The molecule has 2 rings (SSSR count). The number of thioether (sulfide) groups is 1. The van der Waals surface area contributed by atoms with E-state index in [-0.39, 0.29) is 6.61 Å². The average Bonchev–Trinajstić information content (AvgIpc) is 2.49. The Morgan fingerprint density at radius 2 is 1.71 bits per heavy atom. The predicted octanol–water partition coefficient (Wildman–Crippen LogP) is 2.78. The molecule has 0 amide bonds. The first kappa shape index (κ1) is 15.8. The first-order valence-corrected chi connectivity index (χ1v) is 7.83. The van der Waals surface area contributed by atoms with Gasteiger partial charge >= 0.3 is 0 Å². The van der Waals surface area contributed by atoms with Gasteiger partial charge in [-0.25, -0.2) is 9.97 Å². The van der Waals surface area contributed by atoms with Crippen LogP contribution in [0.1, 0.15) is 22.5 Å². The Morgan fingerprint density at radius 1 is 1.10 bits per heavy atom. The second kappa shape index (κ2) is 7.43. The molecule has 1 N–H and O–H groups in total. The third-order valence-electron chi connectivity index (χ3n) is 3.26. The molecule has 21 heavy (non-hydrogen) atoms. The van der Waals surface area contributed by atoms with Crippen molar-refractivity contribution in [2.75, 3.05) is 19.5 Å². The molecular formula is C16H20N2O2S. The fraction of sp³-hybridized carbons (Fsp3) is 0.375. The molecule has 0 saturated heterocycles. The van der Waals surface area contributed by atoms with Crippen molar-refractivity contribution in [2.24, 2.45) is 0 Å². The van der Waals surface area contributed by atoms with E-state index in [0.717, 1.165) is 34.3 Å². The van der Waals surface area contributed by atoms with E-state index < -0.39 is 0 Å². The van der Waals surface area contributed by atoms with Gasteiger partial charge in [-0.05, 0) is 37.1 Å². The van der Waals surface area contributed by atoms with E-state index in [0.29, 0.717) is 5.75 Å². The number of aromatic nitrogens is 2. The van der Waals surface area contributed by atoms with E-state index in [2.05, 4.69) is 22.1 Å². The lowest BCUT2D eigenvalue weighted by Crippen LogP contribution is -2.04. The summed E-state index contributed by atoms with van der Waals surface area (Å²) in [5.74, 6) is 1.48. The van der Waals surface area contributed by atoms with Crippen molar-refractivity contribution < 1.29 is 9.84 Å². The molecule has 1 aromatic heterocycles. The number of ether oxygens (including phenoxy) is 1. The zero-order valence-corrected chi connectivity index (χ0v) is 13.4. The van der Waals surface area contributed by atoms with Gasteiger partial charge < -0.3 is 9.84 Å². The third-order valence-corrected chi connectivity index (χ3v) is 4.09. The topological polar surface area (TPSA) is 55.2 Å². The third kappa shape index (κ3) is 4.19. The Labute approximate surface area is 129 Å². The van der Waals surface area contributed by atoms with Crippen molar-refractivity contribution in [1.29, 1.82) is 0 Å². The van der Waals surface area contributed by atoms with E-state index in [4.69, 9.17) is 9.84 Å². The van der Waals surface area contributed by atoms with Crippen LogP contribution in [0.2, 0.25) is 0 Å². The quantitative estimate of drug-likeness (QED) is 0.657. The second-order valence-corrected chi connectivity index (χ2v) is 5.81. The molecule has 4 nitrogen and oxygen atoms in total. The minimum Gasteiger partial charge on any atom is -0.497 e. The Bertz CT molecular complexity index is 577. The van der Waals surface area contributed by atoms with Gasteiger partial charge in [0.1, 0.15) is 5.75 Å². The zero-order valence-electron chi connectivity index (χ0n) is 12.6. The van der Waals surface area contributed by atoms with E-state index in [9.17, 15) is 0 Å². The van der Waals surface area contributed by atoms with Crippen molar-refractivity contribution in [3.05, 3.63) is 46.8 Å². The lowest BCUT2D eigenvalue weighted by molar-refractivity contribution is 0.322. The first-order chi connectivity index (χ1) is 10.1. The molecule has 0 unspecified atom stereocenters. The highest BCUT2D eigenvalue weighted by Gasteiger charge is 2.09. The molecule has 0 bridgehead atoms. The Morgan fingerprint density at radius 3 is 2.24 bits per heavy atom. The summed E-state index contributed by atoms with van der Waals surface area (Å²) in [6.07, 6.45) is 0.812. The highest BCUT2D eigenvalue weighted by Crippen LogP contribution is 2.21. The molecule has 0 radical (unpaired) electrons. The number of aliphatic hydroxyl groups excluding tert-OH is 1. The average molecular weight is 304 g/mol. The lowest BCUT2D eigenvalue weighted by atomic mass is 10.0. The van der Waals surface area contributed by atoms with Gasteiger partial charge in [0.15, 0.2) is 5.16 Å². The summed E-state index contributed by atoms with van der Waals surface area (Å²) in [5, 5.41) is 9.61. The van der Waals surface area contributed by atoms with Gasteiger partial charge in [0.2, 0.25) is 0 Å². The van der Waals surface area contributed by atoms with Gasteiger partial charge in [-0.1, -0.05) is 23.9 Å². The number of aliphatic hydroxyl groups is 1. The maximum absolute atomic E-state index is 8.87. The molecular weight excluding hydrogens is 284 g/mol. The Balaban J connectivity index is 2.19. The van der Waals surface area contributed by atoms with Gasteiger partial charge in [-0.2, -0.15) is 0 Å². The highest BCUT2D eigenvalue weighted by molar-refractivity contribution is 7.99. The molecule has 0 atom stereocenters. The van der Waals surface area contributed by atoms with E-state index >= 15 is 0 Å². The van der Waals surface area contributed by atoms with Gasteiger partial charge in [0.05, 0.1) is 13.7 Å². The van der Waals surface area contributed by atoms with Gasteiger partial charge in [-0.3, -0.25) is 0 Å². The molecule has 0 aliphatic rings. The first-order valence-electron chi connectivity index (χ1n) is 6.84. The largest absolute Gasteiger partial charge is 0.497 e. The van der Waals surface area contributed by atoms with E-state index in [1.54, 1.807) is 7.11 Å². The summed E-state index contributed by atoms with van der Waals surface area (Å²) < 4.78 is 5.17. The molecule has 0 spiro atoms.